The second kappa shape index (κ2) is 4.46. The first kappa shape index (κ1) is 11.5. The van der Waals surface area contributed by atoms with E-state index in [1.807, 2.05) is 0 Å². The monoisotopic (exact) mass is 218 g/mol. The quantitative estimate of drug-likeness (QED) is 0.820. The van der Waals surface area contributed by atoms with E-state index in [1.165, 1.54) is 30.6 Å². The normalized spacial score (nSPS) is 25.8. The lowest BCUT2D eigenvalue weighted by molar-refractivity contribution is 0.316. The summed E-state index contributed by atoms with van der Waals surface area (Å²) in [5, 5.41) is 3.46. The summed E-state index contributed by atoms with van der Waals surface area (Å²) in [4.78, 5) is 2.51. The number of benzene rings is 1. The molecule has 2 nitrogen and oxygen atoms in total. The molecule has 1 fully saturated rings. The van der Waals surface area contributed by atoms with Crippen molar-refractivity contribution in [1.82, 2.24) is 5.32 Å². The fourth-order valence-corrected chi connectivity index (χ4v) is 2.57. The van der Waals surface area contributed by atoms with Crippen LogP contribution in [-0.2, 0) is 0 Å². The van der Waals surface area contributed by atoms with Gasteiger partial charge in [-0.25, -0.2) is 0 Å². The number of hydrogen-bond donors (Lipinski definition) is 1. The molecule has 2 rings (SSSR count). The molecule has 0 aromatic heterocycles. The average molecular weight is 218 g/mol. The van der Waals surface area contributed by atoms with Gasteiger partial charge in [-0.2, -0.15) is 0 Å². The Morgan fingerprint density at radius 3 is 2.75 bits per heavy atom. The highest BCUT2D eigenvalue weighted by Gasteiger charge is 2.29. The lowest BCUT2D eigenvalue weighted by atomic mass is 9.90. The third-order valence-electron chi connectivity index (χ3n) is 3.76. The standard InChI is InChI=1S/C14H22N2/c1-12-7-4-5-8-13(12)16-10-6-9-14(2,11-16)15-3/h4-5,7-8,15H,6,9-11H2,1-3H3. The van der Waals surface area contributed by atoms with Gasteiger partial charge in [-0.15, -0.1) is 0 Å². The maximum Gasteiger partial charge on any atom is 0.0396 e. The lowest BCUT2D eigenvalue weighted by Crippen LogP contribution is -2.54. The summed E-state index contributed by atoms with van der Waals surface area (Å²) >= 11 is 0. The van der Waals surface area contributed by atoms with Crippen molar-refractivity contribution in [2.75, 3.05) is 25.0 Å². The van der Waals surface area contributed by atoms with Crippen molar-refractivity contribution in [1.29, 1.82) is 0 Å². The van der Waals surface area contributed by atoms with Gasteiger partial charge in [-0.05, 0) is 45.4 Å². The van der Waals surface area contributed by atoms with Gasteiger partial charge < -0.3 is 10.2 Å². The van der Waals surface area contributed by atoms with Crippen LogP contribution >= 0.6 is 0 Å². The maximum atomic E-state index is 3.46. The molecule has 1 aromatic rings. The lowest BCUT2D eigenvalue weighted by Gasteiger charge is -2.42. The van der Waals surface area contributed by atoms with Gasteiger partial charge in [-0.3, -0.25) is 0 Å². The van der Waals surface area contributed by atoms with Crippen LogP contribution in [0.2, 0.25) is 0 Å². The number of piperidine rings is 1. The number of rotatable bonds is 2. The summed E-state index contributed by atoms with van der Waals surface area (Å²) in [5.41, 5.74) is 3.03. The summed E-state index contributed by atoms with van der Waals surface area (Å²) < 4.78 is 0. The SMILES string of the molecule is CNC1(C)CCCN(c2ccccc2C)C1. The zero-order chi connectivity index (χ0) is 11.6. The first-order valence-corrected chi connectivity index (χ1v) is 6.14. The molecule has 88 valence electrons. The molecule has 1 aromatic carbocycles. The van der Waals surface area contributed by atoms with Gasteiger partial charge >= 0.3 is 0 Å². The van der Waals surface area contributed by atoms with Gasteiger partial charge in [0.15, 0.2) is 0 Å². The van der Waals surface area contributed by atoms with Crippen molar-refractivity contribution < 1.29 is 0 Å². The van der Waals surface area contributed by atoms with E-state index in [0.29, 0.717) is 0 Å². The third kappa shape index (κ3) is 2.22. The van der Waals surface area contributed by atoms with Crippen molar-refractivity contribution in [3.05, 3.63) is 29.8 Å². The molecule has 1 aliphatic rings. The molecule has 1 heterocycles. The predicted molar refractivity (Wildman–Crippen MR) is 70.1 cm³/mol. The molecule has 0 radical (unpaired) electrons. The topological polar surface area (TPSA) is 15.3 Å². The summed E-state index contributed by atoms with van der Waals surface area (Å²) in [6, 6.07) is 8.67. The van der Waals surface area contributed by atoms with Crippen LogP contribution in [0.5, 0.6) is 0 Å². The van der Waals surface area contributed by atoms with E-state index in [0.717, 1.165) is 6.54 Å². The Labute approximate surface area is 98.7 Å². The molecule has 1 N–H and O–H groups in total. The van der Waals surface area contributed by atoms with Crippen molar-refractivity contribution >= 4 is 5.69 Å². The van der Waals surface area contributed by atoms with E-state index < -0.39 is 0 Å². The molecular formula is C14H22N2. The second-order valence-corrected chi connectivity index (χ2v) is 5.12. The van der Waals surface area contributed by atoms with Crippen LogP contribution < -0.4 is 10.2 Å². The van der Waals surface area contributed by atoms with Crippen LogP contribution in [0.3, 0.4) is 0 Å². The molecule has 1 unspecified atom stereocenters. The first-order valence-electron chi connectivity index (χ1n) is 6.14. The van der Waals surface area contributed by atoms with Crippen LogP contribution in [0.4, 0.5) is 5.69 Å². The Bertz CT molecular complexity index is 362. The highest BCUT2D eigenvalue weighted by molar-refractivity contribution is 5.53. The van der Waals surface area contributed by atoms with Crippen molar-refractivity contribution in [3.63, 3.8) is 0 Å². The minimum absolute atomic E-state index is 0.264. The van der Waals surface area contributed by atoms with Gasteiger partial charge in [-0.1, -0.05) is 18.2 Å². The zero-order valence-corrected chi connectivity index (χ0v) is 10.6. The van der Waals surface area contributed by atoms with E-state index >= 15 is 0 Å². The molecule has 0 spiro atoms. The molecule has 2 heteroatoms. The van der Waals surface area contributed by atoms with Crippen molar-refractivity contribution in [3.8, 4) is 0 Å². The van der Waals surface area contributed by atoms with Gasteiger partial charge in [0.05, 0.1) is 0 Å². The number of nitrogens with one attached hydrogen (secondary N) is 1. The number of hydrogen-bond acceptors (Lipinski definition) is 2. The van der Waals surface area contributed by atoms with E-state index in [2.05, 4.69) is 55.4 Å². The Balaban J connectivity index is 2.19. The van der Waals surface area contributed by atoms with Crippen LogP contribution in [0.1, 0.15) is 25.3 Å². The molecule has 0 bridgehead atoms. The summed E-state index contributed by atoms with van der Waals surface area (Å²) in [6.45, 7) is 6.80. The number of anilines is 1. The second-order valence-electron chi connectivity index (χ2n) is 5.12. The molecule has 1 aliphatic heterocycles. The van der Waals surface area contributed by atoms with Gasteiger partial charge in [0.25, 0.3) is 0 Å². The molecular weight excluding hydrogens is 196 g/mol. The summed E-state index contributed by atoms with van der Waals surface area (Å²) in [6.07, 6.45) is 2.54. The largest absolute Gasteiger partial charge is 0.369 e. The average Bonchev–Trinajstić information content (AvgIpc) is 2.30. The van der Waals surface area contributed by atoms with E-state index in [9.17, 15) is 0 Å². The first-order chi connectivity index (χ1) is 7.64. The summed E-state index contributed by atoms with van der Waals surface area (Å²) in [7, 11) is 2.07. The van der Waals surface area contributed by atoms with Crippen molar-refractivity contribution in [2.45, 2.75) is 32.2 Å². The number of para-hydroxylation sites is 1. The van der Waals surface area contributed by atoms with Crippen LogP contribution in [0.15, 0.2) is 24.3 Å². The third-order valence-corrected chi connectivity index (χ3v) is 3.76. The maximum absolute atomic E-state index is 3.46. The fourth-order valence-electron chi connectivity index (χ4n) is 2.57. The number of aryl methyl sites for hydroxylation is 1. The van der Waals surface area contributed by atoms with E-state index in [-0.39, 0.29) is 5.54 Å². The summed E-state index contributed by atoms with van der Waals surface area (Å²) in [5.74, 6) is 0. The zero-order valence-electron chi connectivity index (χ0n) is 10.6. The van der Waals surface area contributed by atoms with Gasteiger partial charge in [0, 0.05) is 24.3 Å². The van der Waals surface area contributed by atoms with Crippen LogP contribution in [0.25, 0.3) is 0 Å². The van der Waals surface area contributed by atoms with Gasteiger partial charge in [0.1, 0.15) is 0 Å². The molecule has 1 saturated heterocycles. The van der Waals surface area contributed by atoms with Crippen molar-refractivity contribution in [2.24, 2.45) is 0 Å². The highest BCUT2D eigenvalue weighted by Crippen LogP contribution is 2.27. The molecule has 0 saturated carbocycles. The highest BCUT2D eigenvalue weighted by atomic mass is 15.2. The minimum atomic E-state index is 0.264. The molecule has 0 amide bonds. The predicted octanol–water partition coefficient (Wildman–Crippen LogP) is 2.57. The Hall–Kier alpha value is -1.02. The smallest absolute Gasteiger partial charge is 0.0396 e. The minimum Gasteiger partial charge on any atom is -0.369 e. The Morgan fingerprint density at radius 2 is 2.06 bits per heavy atom. The van der Waals surface area contributed by atoms with E-state index in [4.69, 9.17) is 0 Å². The Kier molecular flexibility index (Phi) is 3.20. The number of nitrogens with zero attached hydrogens (tertiary/aromatic N) is 1. The number of likely N-dealkylation sites (N-methyl/N-ethyl adjacent to an activating group) is 1. The molecule has 1 atom stereocenters. The molecule has 16 heavy (non-hydrogen) atoms. The Morgan fingerprint density at radius 1 is 1.31 bits per heavy atom. The fraction of sp³-hybridized carbons (Fsp3) is 0.571. The van der Waals surface area contributed by atoms with Gasteiger partial charge in [0.2, 0.25) is 0 Å². The molecule has 0 aliphatic carbocycles. The van der Waals surface area contributed by atoms with Crippen LogP contribution in [-0.4, -0.2) is 25.7 Å². The van der Waals surface area contributed by atoms with E-state index in [1.54, 1.807) is 0 Å². The van der Waals surface area contributed by atoms with Crippen LogP contribution in [0, 0.1) is 6.92 Å².